The lowest BCUT2D eigenvalue weighted by molar-refractivity contribution is 0.548. The largest absolute Gasteiger partial charge is 0.417 e. The second-order valence-electron chi connectivity index (χ2n) is 3.93. The SMILES string of the molecule is O=c1[nH]c2cccc(C3CCNC3)c2o1. The number of aromatic nitrogens is 1. The number of rotatable bonds is 1. The van der Waals surface area contributed by atoms with Crippen LogP contribution in [0.25, 0.3) is 11.1 Å². The number of fused-ring (bicyclic) bond motifs is 1. The van der Waals surface area contributed by atoms with E-state index in [2.05, 4.69) is 10.3 Å². The number of hydrogen-bond acceptors (Lipinski definition) is 3. The van der Waals surface area contributed by atoms with Gasteiger partial charge >= 0.3 is 5.76 Å². The van der Waals surface area contributed by atoms with Crippen molar-refractivity contribution in [2.45, 2.75) is 12.3 Å². The summed E-state index contributed by atoms with van der Waals surface area (Å²) in [6.45, 7) is 2.00. The molecule has 3 rings (SSSR count). The van der Waals surface area contributed by atoms with Crippen molar-refractivity contribution in [2.24, 2.45) is 0 Å². The van der Waals surface area contributed by atoms with E-state index in [4.69, 9.17) is 4.42 Å². The predicted octanol–water partition coefficient (Wildman–Crippen LogP) is 1.20. The molecule has 0 radical (unpaired) electrons. The Bertz CT molecular complexity index is 535. The molecule has 0 spiro atoms. The van der Waals surface area contributed by atoms with Crippen LogP contribution >= 0.6 is 0 Å². The third kappa shape index (κ3) is 1.37. The van der Waals surface area contributed by atoms with Crippen LogP contribution in [0.1, 0.15) is 17.9 Å². The van der Waals surface area contributed by atoms with E-state index in [1.165, 1.54) is 0 Å². The average Bonchev–Trinajstić information content (AvgIpc) is 2.82. The summed E-state index contributed by atoms with van der Waals surface area (Å²) in [6, 6.07) is 5.87. The molecule has 1 saturated heterocycles. The molecule has 1 fully saturated rings. The summed E-state index contributed by atoms with van der Waals surface area (Å²) >= 11 is 0. The third-order valence-corrected chi connectivity index (χ3v) is 2.98. The van der Waals surface area contributed by atoms with Crippen molar-refractivity contribution in [3.8, 4) is 0 Å². The number of benzene rings is 1. The Kier molecular flexibility index (Phi) is 1.89. The number of nitrogens with one attached hydrogen (secondary N) is 2. The zero-order chi connectivity index (χ0) is 10.3. The number of para-hydroxylation sites is 1. The van der Waals surface area contributed by atoms with Gasteiger partial charge < -0.3 is 9.73 Å². The third-order valence-electron chi connectivity index (χ3n) is 2.98. The normalized spacial score (nSPS) is 21.2. The first-order chi connectivity index (χ1) is 7.34. The monoisotopic (exact) mass is 204 g/mol. The number of H-pyrrole nitrogens is 1. The molecule has 0 amide bonds. The van der Waals surface area contributed by atoms with E-state index in [-0.39, 0.29) is 5.76 Å². The summed E-state index contributed by atoms with van der Waals surface area (Å²) in [5.41, 5.74) is 2.65. The van der Waals surface area contributed by atoms with Crippen molar-refractivity contribution in [3.63, 3.8) is 0 Å². The zero-order valence-corrected chi connectivity index (χ0v) is 8.25. The second kappa shape index (κ2) is 3.24. The van der Waals surface area contributed by atoms with Gasteiger partial charge in [0.15, 0.2) is 5.58 Å². The Labute approximate surface area is 86.3 Å². The van der Waals surface area contributed by atoms with Crippen LogP contribution in [0.3, 0.4) is 0 Å². The summed E-state index contributed by atoms with van der Waals surface area (Å²) < 4.78 is 5.17. The minimum atomic E-state index is -0.372. The molecule has 0 saturated carbocycles. The zero-order valence-electron chi connectivity index (χ0n) is 8.25. The van der Waals surface area contributed by atoms with Crippen molar-refractivity contribution < 1.29 is 4.42 Å². The van der Waals surface area contributed by atoms with Crippen LogP contribution in [0.5, 0.6) is 0 Å². The van der Waals surface area contributed by atoms with Crippen molar-refractivity contribution in [3.05, 3.63) is 34.3 Å². The molecule has 2 aromatic rings. The van der Waals surface area contributed by atoms with E-state index in [9.17, 15) is 4.79 Å². The highest BCUT2D eigenvalue weighted by Crippen LogP contribution is 2.27. The van der Waals surface area contributed by atoms with E-state index < -0.39 is 0 Å². The Morgan fingerprint density at radius 2 is 2.33 bits per heavy atom. The maximum absolute atomic E-state index is 11.1. The lowest BCUT2D eigenvalue weighted by atomic mass is 9.98. The Morgan fingerprint density at radius 1 is 1.40 bits per heavy atom. The Balaban J connectivity index is 2.20. The summed E-state index contributed by atoms with van der Waals surface area (Å²) in [4.78, 5) is 13.8. The smallest absolute Gasteiger partial charge is 0.408 e. The molecule has 4 heteroatoms. The van der Waals surface area contributed by atoms with Gasteiger partial charge in [0.25, 0.3) is 0 Å². The molecule has 1 unspecified atom stereocenters. The van der Waals surface area contributed by atoms with Crippen molar-refractivity contribution in [2.75, 3.05) is 13.1 Å². The highest BCUT2D eigenvalue weighted by Gasteiger charge is 2.20. The molecular weight excluding hydrogens is 192 g/mol. The first-order valence-electron chi connectivity index (χ1n) is 5.17. The van der Waals surface area contributed by atoms with E-state index in [0.29, 0.717) is 5.92 Å². The van der Waals surface area contributed by atoms with Gasteiger partial charge in [-0.15, -0.1) is 0 Å². The number of oxazole rings is 1. The van der Waals surface area contributed by atoms with Gasteiger partial charge in [-0.3, -0.25) is 4.98 Å². The topological polar surface area (TPSA) is 58.0 Å². The summed E-state index contributed by atoms with van der Waals surface area (Å²) in [7, 11) is 0. The van der Waals surface area contributed by atoms with E-state index >= 15 is 0 Å². The van der Waals surface area contributed by atoms with Gasteiger partial charge in [0.2, 0.25) is 0 Å². The van der Waals surface area contributed by atoms with Gasteiger partial charge in [0.05, 0.1) is 5.52 Å². The standard InChI is InChI=1S/C11H12N2O2/c14-11-13-9-3-1-2-8(10(9)15-11)7-4-5-12-6-7/h1-3,7,12H,4-6H2,(H,13,14). The maximum atomic E-state index is 11.1. The lowest BCUT2D eigenvalue weighted by Crippen LogP contribution is -2.08. The molecule has 2 N–H and O–H groups in total. The van der Waals surface area contributed by atoms with Crippen molar-refractivity contribution >= 4 is 11.1 Å². The van der Waals surface area contributed by atoms with Crippen LogP contribution in [-0.2, 0) is 0 Å². The van der Waals surface area contributed by atoms with E-state index in [1.54, 1.807) is 0 Å². The fourth-order valence-electron chi connectivity index (χ4n) is 2.24. The number of hydrogen-bond donors (Lipinski definition) is 2. The van der Waals surface area contributed by atoms with Gasteiger partial charge in [-0.05, 0) is 19.0 Å². The fourth-order valence-corrected chi connectivity index (χ4v) is 2.24. The van der Waals surface area contributed by atoms with Crippen molar-refractivity contribution in [1.82, 2.24) is 10.3 Å². The fraction of sp³-hybridized carbons (Fsp3) is 0.364. The maximum Gasteiger partial charge on any atom is 0.417 e. The molecule has 0 bridgehead atoms. The molecule has 1 atom stereocenters. The first kappa shape index (κ1) is 8.73. The number of aromatic amines is 1. The molecule has 1 aliphatic heterocycles. The second-order valence-corrected chi connectivity index (χ2v) is 3.93. The predicted molar refractivity (Wildman–Crippen MR) is 57.1 cm³/mol. The Hall–Kier alpha value is -1.55. The molecule has 1 aliphatic rings. The van der Waals surface area contributed by atoms with Crippen LogP contribution in [0.4, 0.5) is 0 Å². The lowest BCUT2D eigenvalue weighted by Gasteiger charge is -2.07. The molecule has 2 heterocycles. The molecule has 4 nitrogen and oxygen atoms in total. The van der Waals surface area contributed by atoms with E-state index in [1.807, 2.05) is 18.2 Å². The van der Waals surface area contributed by atoms with Gasteiger partial charge in [0, 0.05) is 18.0 Å². The quantitative estimate of drug-likeness (QED) is 0.733. The molecule has 78 valence electrons. The Morgan fingerprint density at radius 3 is 3.13 bits per heavy atom. The molecule has 15 heavy (non-hydrogen) atoms. The van der Waals surface area contributed by atoms with Gasteiger partial charge in [-0.1, -0.05) is 12.1 Å². The van der Waals surface area contributed by atoms with Crippen LogP contribution in [0.15, 0.2) is 27.4 Å². The van der Waals surface area contributed by atoms with Crippen LogP contribution in [0.2, 0.25) is 0 Å². The van der Waals surface area contributed by atoms with Gasteiger partial charge in [0.1, 0.15) is 0 Å². The molecular formula is C11H12N2O2. The van der Waals surface area contributed by atoms with Crippen LogP contribution in [0, 0.1) is 0 Å². The van der Waals surface area contributed by atoms with Gasteiger partial charge in [-0.25, -0.2) is 4.79 Å². The average molecular weight is 204 g/mol. The summed E-state index contributed by atoms with van der Waals surface area (Å²) in [5, 5.41) is 3.31. The van der Waals surface area contributed by atoms with Crippen molar-refractivity contribution in [1.29, 1.82) is 0 Å². The molecule has 1 aromatic heterocycles. The van der Waals surface area contributed by atoms with Crippen LogP contribution < -0.4 is 11.1 Å². The molecule has 0 aliphatic carbocycles. The minimum Gasteiger partial charge on any atom is -0.408 e. The molecule has 1 aromatic carbocycles. The van der Waals surface area contributed by atoms with Gasteiger partial charge in [-0.2, -0.15) is 0 Å². The van der Waals surface area contributed by atoms with Crippen LogP contribution in [-0.4, -0.2) is 18.1 Å². The highest BCUT2D eigenvalue weighted by atomic mass is 16.4. The van der Waals surface area contributed by atoms with E-state index in [0.717, 1.165) is 36.2 Å². The first-order valence-corrected chi connectivity index (χ1v) is 5.17. The summed E-state index contributed by atoms with van der Waals surface area (Å²) in [5.74, 6) is 0.0936. The minimum absolute atomic E-state index is 0.372. The summed E-state index contributed by atoms with van der Waals surface area (Å²) in [6.07, 6.45) is 1.11. The highest BCUT2D eigenvalue weighted by molar-refractivity contribution is 5.76.